The molecular weight excluding hydrogens is 312 g/mol. The van der Waals surface area contributed by atoms with E-state index in [-0.39, 0.29) is 11.6 Å². The molecule has 0 radical (unpaired) electrons. The number of hydrogen-bond acceptors (Lipinski definition) is 2. The van der Waals surface area contributed by atoms with Gasteiger partial charge in [-0.1, -0.05) is 0 Å². The van der Waals surface area contributed by atoms with Gasteiger partial charge in [-0.15, -0.1) is 11.6 Å². The molecule has 0 aromatic carbocycles. The number of anilines is 1. The van der Waals surface area contributed by atoms with E-state index in [0.29, 0.717) is 15.0 Å². The molecule has 1 heterocycles. The van der Waals surface area contributed by atoms with E-state index in [2.05, 4.69) is 4.98 Å². The van der Waals surface area contributed by atoms with Gasteiger partial charge in [0.1, 0.15) is 5.69 Å². The second-order valence-electron chi connectivity index (χ2n) is 2.33. The van der Waals surface area contributed by atoms with Crippen molar-refractivity contribution >= 4 is 39.9 Å². The molecule has 0 saturated carbocycles. The number of aromatic nitrogens is 1. The molecule has 1 aromatic heterocycles. The van der Waals surface area contributed by atoms with Gasteiger partial charge >= 0.3 is 0 Å². The topological polar surface area (TPSA) is 38.9 Å². The molecule has 1 aromatic rings. The summed E-state index contributed by atoms with van der Waals surface area (Å²) in [7, 11) is 0. The van der Waals surface area contributed by atoms with Gasteiger partial charge in [-0.3, -0.25) is 0 Å². The average Bonchev–Trinajstić information content (AvgIpc) is 2.03. The summed E-state index contributed by atoms with van der Waals surface area (Å²) in [6.45, 7) is 0. The maximum atomic E-state index is 12.3. The van der Waals surface area contributed by atoms with Gasteiger partial charge in [0.2, 0.25) is 0 Å². The van der Waals surface area contributed by atoms with Crippen LogP contribution in [0.3, 0.4) is 0 Å². The van der Waals surface area contributed by atoms with Crippen molar-refractivity contribution in [2.24, 2.45) is 0 Å². The number of alkyl halides is 3. The number of rotatable bonds is 2. The molecule has 2 N–H and O–H groups in total. The monoisotopic (exact) mass is 318 g/mol. The van der Waals surface area contributed by atoms with E-state index >= 15 is 0 Å². The molecule has 6 heteroatoms. The summed E-state index contributed by atoms with van der Waals surface area (Å²) >= 11 is 7.24. The molecule has 0 aliphatic heterocycles. The number of hydrogen-bond donors (Lipinski definition) is 1. The van der Waals surface area contributed by atoms with Crippen LogP contribution in [0.15, 0.2) is 6.07 Å². The second kappa shape index (κ2) is 4.36. The molecule has 72 valence electrons. The van der Waals surface area contributed by atoms with Gasteiger partial charge in [-0.05, 0) is 28.7 Å². The van der Waals surface area contributed by atoms with Gasteiger partial charge in [-0.2, -0.15) is 0 Å². The van der Waals surface area contributed by atoms with Gasteiger partial charge in [0.15, 0.2) is 0 Å². The van der Waals surface area contributed by atoms with Crippen molar-refractivity contribution in [3.63, 3.8) is 0 Å². The Balaban J connectivity index is 3.22. The van der Waals surface area contributed by atoms with Crippen LogP contribution in [-0.2, 0) is 5.88 Å². The summed E-state index contributed by atoms with van der Waals surface area (Å²) in [6, 6.07) is 1.45. The number of nitrogens with two attached hydrogens (primary N) is 1. The minimum absolute atomic E-state index is 0.0441. The van der Waals surface area contributed by atoms with E-state index in [1.54, 1.807) is 22.6 Å². The fourth-order valence-corrected chi connectivity index (χ4v) is 1.72. The summed E-state index contributed by atoms with van der Waals surface area (Å²) in [4.78, 5) is 3.68. The largest absolute Gasteiger partial charge is 0.397 e. The Morgan fingerprint density at radius 3 is 2.69 bits per heavy atom. The Labute approximate surface area is 92.6 Å². The first-order valence-electron chi connectivity index (χ1n) is 3.35. The lowest BCUT2D eigenvalue weighted by molar-refractivity contribution is 0.145. The Hall–Kier alpha value is -0.170. The molecule has 0 saturated heterocycles. The quantitative estimate of drug-likeness (QED) is 0.672. The van der Waals surface area contributed by atoms with Crippen LogP contribution in [0.2, 0.25) is 0 Å². The van der Waals surface area contributed by atoms with Crippen molar-refractivity contribution < 1.29 is 8.78 Å². The Bertz CT molecular complexity index is 320. The summed E-state index contributed by atoms with van der Waals surface area (Å²) in [5.74, 6) is 0.0441. The van der Waals surface area contributed by atoms with Crippen LogP contribution in [0, 0.1) is 3.57 Å². The Kier molecular flexibility index (Phi) is 3.66. The van der Waals surface area contributed by atoms with Gasteiger partial charge < -0.3 is 5.73 Å². The van der Waals surface area contributed by atoms with E-state index < -0.39 is 6.43 Å². The highest BCUT2D eigenvalue weighted by Gasteiger charge is 2.15. The van der Waals surface area contributed by atoms with Crippen molar-refractivity contribution in [3.05, 3.63) is 21.0 Å². The highest BCUT2D eigenvalue weighted by atomic mass is 127. The minimum Gasteiger partial charge on any atom is -0.397 e. The molecule has 1 rings (SSSR count). The third kappa shape index (κ3) is 2.40. The van der Waals surface area contributed by atoms with Crippen molar-refractivity contribution in [1.82, 2.24) is 4.98 Å². The lowest BCUT2D eigenvalue weighted by atomic mass is 10.3. The van der Waals surface area contributed by atoms with Gasteiger partial charge in [0.05, 0.1) is 17.3 Å². The van der Waals surface area contributed by atoms with Crippen LogP contribution < -0.4 is 5.73 Å². The number of pyridine rings is 1. The molecule has 0 spiro atoms. The van der Waals surface area contributed by atoms with E-state index in [1.807, 2.05) is 0 Å². The summed E-state index contributed by atoms with van der Waals surface area (Å²) in [5.41, 5.74) is 5.90. The summed E-state index contributed by atoms with van der Waals surface area (Å²) in [6.07, 6.45) is -2.59. The predicted molar refractivity (Wildman–Crippen MR) is 55.9 cm³/mol. The standard InChI is InChI=1S/C7H6ClF2IN2/c8-2-5-4(12)1-3(11)6(13-5)7(9)10/h1,7H,2,12H2. The highest BCUT2D eigenvalue weighted by Crippen LogP contribution is 2.26. The van der Waals surface area contributed by atoms with Crippen LogP contribution >= 0.6 is 34.2 Å². The van der Waals surface area contributed by atoms with Gasteiger partial charge in [0.25, 0.3) is 6.43 Å². The molecular formula is C7H6ClF2IN2. The lowest BCUT2D eigenvalue weighted by Crippen LogP contribution is -2.02. The first-order valence-corrected chi connectivity index (χ1v) is 4.96. The molecule has 0 aliphatic carbocycles. The van der Waals surface area contributed by atoms with Crippen LogP contribution in [0.4, 0.5) is 14.5 Å². The average molecular weight is 318 g/mol. The summed E-state index contributed by atoms with van der Waals surface area (Å²) < 4.78 is 25.0. The van der Waals surface area contributed by atoms with Crippen LogP contribution in [-0.4, -0.2) is 4.98 Å². The molecule has 0 atom stereocenters. The van der Waals surface area contributed by atoms with Crippen LogP contribution in [0.25, 0.3) is 0 Å². The normalized spacial score (nSPS) is 10.8. The maximum Gasteiger partial charge on any atom is 0.281 e. The number of halogens is 4. The zero-order valence-corrected chi connectivity index (χ0v) is 9.31. The van der Waals surface area contributed by atoms with Crippen molar-refractivity contribution in [2.75, 3.05) is 5.73 Å². The van der Waals surface area contributed by atoms with Gasteiger partial charge in [0, 0.05) is 3.57 Å². The third-order valence-corrected chi connectivity index (χ3v) is 2.57. The van der Waals surface area contributed by atoms with Crippen molar-refractivity contribution in [3.8, 4) is 0 Å². The number of nitrogen functional groups attached to an aromatic ring is 1. The van der Waals surface area contributed by atoms with Crippen LogP contribution in [0.1, 0.15) is 17.8 Å². The lowest BCUT2D eigenvalue weighted by Gasteiger charge is -2.06. The van der Waals surface area contributed by atoms with Crippen molar-refractivity contribution in [1.29, 1.82) is 0 Å². The smallest absolute Gasteiger partial charge is 0.281 e. The van der Waals surface area contributed by atoms with E-state index in [1.165, 1.54) is 6.07 Å². The molecule has 0 bridgehead atoms. The maximum absolute atomic E-state index is 12.3. The van der Waals surface area contributed by atoms with E-state index in [9.17, 15) is 8.78 Å². The Morgan fingerprint density at radius 2 is 2.23 bits per heavy atom. The van der Waals surface area contributed by atoms with E-state index in [0.717, 1.165) is 0 Å². The zero-order chi connectivity index (χ0) is 10.0. The molecule has 13 heavy (non-hydrogen) atoms. The zero-order valence-electron chi connectivity index (χ0n) is 6.40. The SMILES string of the molecule is Nc1cc(I)c(C(F)F)nc1CCl. The molecule has 2 nitrogen and oxygen atoms in total. The third-order valence-electron chi connectivity index (χ3n) is 1.45. The molecule has 0 aliphatic rings. The molecule has 0 unspecified atom stereocenters. The number of nitrogens with zero attached hydrogens (tertiary/aromatic N) is 1. The minimum atomic E-state index is -2.59. The van der Waals surface area contributed by atoms with E-state index in [4.69, 9.17) is 17.3 Å². The second-order valence-corrected chi connectivity index (χ2v) is 3.76. The van der Waals surface area contributed by atoms with Crippen LogP contribution in [0.5, 0.6) is 0 Å². The fourth-order valence-electron chi connectivity index (χ4n) is 0.817. The summed E-state index contributed by atoms with van der Waals surface area (Å²) in [5, 5.41) is 0. The Morgan fingerprint density at radius 1 is 1.62 bits per heavy atom. The fraction of sp³-hybridized carbons (Fsp3) is 0.286. The first-order chi connectivity index (χ1) is 6.06. The first kappa shape index (κ1) is 10.9. The molecule has 0 fully saturated rings. The highest BCUT2D eigenvalue weighted by molar-refractivity contribution is 14.1. The molecule has 0 amide bonds. The van der Waals surface area contributed by atoms with Crippen molar-refractivity contribution in [2.45, 2.75) is 12.3 Å². The van der Waals surface area contributed by atoms with Gasteiger partial charge in [-0.25, -0.2) is 13.8 Å². The predicted octanol–water partition coefficient (Wildman–Crippen LogP) is 2.94.